The van der Waals surface area contributed by atoms with Crippen LogP contribution in [0.15, 0.2) is 22.5 Å². The summed E-state index contributed by atoms with van der Waals surface area (Å²) in [5.74, 6) is 0.505. The Bertz CT molecular complexity index is 296. The van der Waals surface area contributed by atoms with Crippen LogP contribution in [0.3, 0.4) is 0 Å². The first kappa shape index (κ1) is 11.0. The number of aliphatic imine (C=N–C) groups is 1. The molecule has 0 spiro atoms. The molecule has 0 aliphatic rings. The molecule has 0 aliphatic carbocycles. The van der Waals surface area contributed by atoms with Gasteiger partial charge in [-0.15, -0.1) is 11.3 Å². The maximum atomic E-state index is 5.72. The minimum Gasteiger partial charge on any atom is -0.370 e. The number of hydrogen-bond donors (Lipinski definition) is 2. The van der Waals surface area contributed by atoms with Gasteiger partial charge in [-0.25, -0.2) is 4.99 Å². The van der Waals surface area contributed by atoms with Gasteiger partial charge in [-0.3, -0.25) is 0 Å². The highest BCUT2D eigenvalue weighted by Gasteiger charge is 2.09. The van der Waals surface area contributed by atoms with Crippen LogP contribution in [0.1, 0.15) is 25.6 Å². The van der Waals surface area contributed by atoms with Gasteiger partial charge >= 0.3 is 0 Å². The second kappa shape index (κ2) is 4.46. The van der Waals surface area contributed by atoms with Crippen LogP contribution in [-0.2, 0) is 6.54 Å². The lowest BCUT2D eigenvalue weighted by molar-refractivity contribution is 0.508. The van der Waals surface area contributed by atoms with Crippen LogP contribution in [0.25, 0.3) is 0 Å². The molecule has 0 unspecified atom stereocenters. The Balaban J connectivity index is 2.45. The first-order valence-corrected chi connectivity index (χ1v) is 5.46. The van der Waals surface area contributed by atoms with Crippen molar-refractivity contribution in [3.8, 4) is 0 Å². The minimum absolute atomic E-state index is 0.0248. The molecule has 1 aromatic heterocycles. The summed E-state index contributed by atoms with van der Waals surface area (Å²) in [6.45, 7) is 6.83. The van der Waals surface area contributed by atoms with Crippen LogP contribution in [0, 0.1) is 0 Å². The fourth-order valence-corrected chi connectivity index (χ4v) is 1.62. The predicted molar refractivity (Wildman–Crippen MR) is 62.5 cm³/mol. The summed E-state index contributed by atoms with van der Waals surface area (Å²) in [5.41, 5.74) is 5.70. The summed E-state index contributed by atoms with van der Waals surface area (Å²) in [6, 6.07) is 4.07. The molecule has 4 heteroatoms. The van der Waals surface area contributed by atoms with E-state index in [0.717, 1.165) is 0 Å². The second-order valence-electron chi connectivity index (χ2n) is 4.16. The molecule has 0 saturated carbocycles. The number of rotatable bonds is 2. The zero-order valence-electron chi connectivity index (χ0n) is 8.87. The maximum absolute atomic E-state index is 5.72. The number of nitrogens with one attached hydrogen (secondary N) is 1. The van der Waals surface area contributed by atoms with Crippen LogP contribution in [-0.4, -0.2) is 11.5 Å². The van der Waals surface area contributed by atoms with Crippen LogP contribution >= 0.6 is 11.3 Å². The third-order valence-corrected chi connectivity index (χ3v) is 2.35. The van der Waals surface area contributed by atoms with Crippen molar-refractivity contribution in [1.82, 2.24) is 5.32 Å². The van der Waals surface area contributed by atoms with Gasteiger partial charge in [0.15, 0.2) is 5.96 Å². The largest absolute Gasteiger partial charge is 0.370 e. The van der Waals surface area contributed by atoms with Crippen molar-refractivity contribution in [2.45, 2.75) is 32.9 Å². The molecule has 0 radical (unpaired) electrons. The van der Waals surface area contributed by atoms with E-state index in [1.54, 1.807) is 11.3 Å². The molecule has 1 rings (SSSR count). The van der Waals surface area contributed by atoms with E-state index < -0.39 is 0 Å². The van der Waals surface area contributed by atoms with Crippen LogP contribution in [0.4, 0.5) is 0 Å². The number of nitrogens with zero attached hydrogens (tertiary/aromatic N) is 1. The highest BCUT2D eigenvalue weighted by molar-refractivity contribution is 7.09. The van der Waals surface area contributed by atoms with Crippen molar-refractivity contribution in [2.24, 2.45) is 10.7 Å². The molecule has 3 nitrogen and oxygen atoms in total. The average Bonchev–Trinajstić information content (AvgIpc) is 2.49. The van der Waals surface area contributed by atoms with Gasteiger partial charge in [0.05, 0.1) is 6.54 Å². The molecule has 0 atom stereocenters. The lowest BCUT2D eigenvalue weighted by atomic mass is 10.1. The van der Waals surface area contributed by atoms with E-state index in [1.807, 2.05) is 11.4 Å². The number of thiophene rings is 1. The van der Waals surface area contributed by atoms with Crippen molar-refractivity contribution < 1.29 is 0 Å². The van der Waals surface area contributed by atoms with Crippen LogP contribution < -0.4 is 11.1 Å². The molecule has 0 saturated heterocycles. The topological polar surface area (TPSA) is 50.4 Å². The first-order valence-electron chi connectivity index (χ1n) is 4.58. The van der Waals surface area contributed by atoms with E-state index in [-0.39, 0.29) is 5.54 Å². The Morgan fingerprint density at radius 2 is 2.29 bits per heavy atom. The van der Waals surface area contributed by atoms with Crippen molar-refractivity contribution in [1.29, 1.82) is 0 Å². The smallest absolute Gasteiger partial charge is 0.189 e. The van der Waals surface area contributed by atoms with E-state index in [2.05, 4.69) is 37.1 Å². The van der Waals surface area contributed by atoms with Gasteiger partial charge in [0, 0.05) is 10.4 Å². The summed E-state index contributed by atoms with van der Waals surface area (Å²) < 4.78 is 0. The summed E-state index contributed by atoms with van der Waals surface area (Å²) in [7, 11) is 0. The van der Waals surface area contributed by atoms with Gasteiger partial charge in [0.1, 0.15) is 0 Å². The Hall–Kier alpha value is -1.03. The number of hydrogen-bond acceptors (Lipinski definition) is 2. The molecule has 78 valence electrons. The Morgan fingerprint density at radius 3 is 2.79 bits per heavy atom. The molecule has 0 aliphatic heterocycles. The SMILES string of the molecule is CC(C)(C)NC(N)=NCc1cccs1. The summed E-state index contributed by atoms with van der Waals surface area (Å²) in [4.78, 5) is 5.47. The molecule has 14 heavy (non-hydrogen) atoms. The summed E-state index contributed by atoms with van der Waals surface area (Å²) in [6.07, 6.45) is 0. The zero-order chi connectivity index (χ0) is 10.6. The van der Waals surface area contributed by atoms with Crippen LogP contribution in [0.5, 0.6) is 0 Å². The molecule has 1 aromatic rings. The highest BCUT2D eigenvalue weighted by atomic mass is 32.1. The van der Waals surface area contributed by atoms with Crippen LogP contribution in [0.2, 0.25) is 0 Å². The molecule has 3 N–H and O–H groups in total. The second-order valence-corrected chi connectivity index (χ2v) is 5.19. The minimum atomic E-state index is -0.0248. The summed E-state index contributed by atoms with van der Waals surface area (Å²) in [5, 5.41) is 5.15. The molecule has 0 amide bonds. The van der Waals surface area contributed by atoms with Gasteiger partial charge in [0.2, 0.25) is 0 Å². The van der Waals surface area contributed by atoms with Crippen molar-refractivity contribution in [2.75, 3.05) is 0 Å². The molecular weight excluding hydrogens is 194 g/mol. The Labute approximate surface area is 89.0 Å². The van der Waals surface area contributed by atoms with Gasteiger partial charge in [-0.05, 0) is 32.2 Å². The van der Waals surface area contributed by atoms with E-state index in [9.17, 15) is 0 Å². The lowest BCUT2D eigenvalue weighted by Gasteiger charge is -2.20. The number of guanidine groups is 1. The summed E-state index contributed by atoms with van der Waals surface area (Å²) >= 11 is 1.69. The fourth-order valence-electron chi connectivity index (χ4n) is 0.989. The van der Waals surface area contributed by atoms with E-state index >= 15 is 0 Å². The van der Waals surface area contributed by atoms with Gasteiger partial charge in [0.25, 0.3) is 0 Å². The quantitative estimate of drug-likeness (QED) is 0.580. The molecule has 0 fully saturated rings. The zero-order valence-corrected chi connectivity index (χ0v) is 9.69. The van der Waals surface area contributed by atoms with Crippen molar-refractivity contribution in [3.05, 3.63) is 22.4 Å². The number of nitrogens with two attached hydrogens (primary N) is 1. The normalized spacial score (nSPS) is 12.9. The molecular formula is C10H17N3S. The van der Waals surface area contributed by atoms with E-state index in [4.69, 9.17) is 5.73 Å². The molecule has 0 aromatic carbocycles. The Morgan fingerprint density at radius 1 is 1.57 bits per heavy atom. The third kappa shape index (κ3) is 4.28. The molecule has 1 heterocycles. The Kier molecular flexibility index (Phi) is 3.52. The predicted octanol–water partition coefficient (Wildman–Crippen LogP) is 1.95. The lowest BCUT2D eigenvalue weighted by Crippen LogP contribution is -2.44. The monoisotopic (exact) mass is 211 g/mol. The maximum Gasteiger partial charge on any atom is 0.189 e. The standard InChI is InChI=1S/C10H17N3S/c1-10(2,3)13-9(11)12-7-8-5-4-6-14-8/h4-6H,7H2,1-3H3,(H3,11,12,13). The van der Waals surface area contributed by atoms with Gasteiger partial charge < -0.3 is 11.1 Å². The third-order valence-electron chi connectivity index (χ3n) is 1.49. The van der Waals surface area contributed by atoms with Gasteiger partial charge in [-0.2, -0.15) is 0 Å². The fraction of sp³-hybridized carbons (Fsp3) is 0.500. The van der Waals surface area contributed by atoms with Crippen molar-refractivity contribution in [3.63, 3.8) is 0 Å². The first-order chi connectivity index (χ1) is 6.47. The average molecular weight is 211 g/mol. The van der Waals surface area contributed by atoms with E-state index in [1.165, 1.54) is 4.88 Å². The van der Waals surface area contributed by atoms with Crippen molar-refractivity contribution >= 4 is 17.3 Å². The molecule has 0 bridgehead atoms. The van der Waals surface area contributed by atoms with E-state index in [0.29, 0.717) is 12.5 Å². The highest BCUT2D eigenvalue weighted by Crippen LogP contribution is 2.09. The van der Waals surface area contributed by atoms with Gasteiger partial charge in [-0.1, -0.05) is 6.07 Å².